The molecule has 0 spiro atoms. The van der Waals surface area contributed by atoms with Crippen molar-refractivity contribution in [2.24, 2.45) is 0 Å². The lowest BCUT2D eigenvalue weighted by Gasteiger charge is -2.31. The van der Waals surface area contributed by atoms with Crippen molar-refractivity contribution in [3.8, 4) is 0 Å². The first-order valence-corrected chi connectivity index (χ1v) is 6.02. The molecule has 2 aliphatic rings. The number of carbonyl (C=O) groups excluding carboxylic acids is 1. The molecule has 1 aromatic carbocycles. The summed E-state index contributed by atoms with van der Waals surface area (Å²) in [6.45, 7) is 0. The van der Waals surface area contributed by atoms with Gasteiger partial charge in [0, 0.05) is 18.1 Å². The number of hydrogen-bond donors (Lipinski definition) is 0. The first-order valence-electron chi connectivity index (χ1n) is 5.02. The van der Waals surface area contributed by atoms with Crippen LogP contribution >= 0.6 is 0 Å². The summed E-state index contributed by atoms with van der Waals surface area (Å²) in [6.07, 6.45) is 1.55. The zero-order chi connectivity index (χ0) is 12.0. The summed E-state index contributed by atoms with van der Waals surface area (Å²) in [5.41, 5.74) is 3.55. The maximum atomic E-state index is 11.5. The molecule has 0 radical (unpaired) electrons. The van der Waals surface area contributed by atoms with E-state index >= 15 is 0 Å². The SMILES string of the molecule is O=C1C=C(OS(=O)[O-])C2=C(C1)c1ccccc12. The van der Waals surface area contributed by atoms with E-state index in [0.29, 0.717) is 6.42 Å². The molecule has 0 amide bonds. The summed E-state index contributed by atoms with van der Waals surface area (Å²) >= 11 is -2.66. The van der Waals surface area contributed by atoms with Gasteiger partial charge in [-0.1, -0.05) is 24.3 Å². The van der Waals surface area contributed by atoms with Gasteiger partial charge >= 0.3 is 0 Å². The van der Waals surface area contributed by atoms with Gasteiger partial charge in [0.2, 0.25) is 0 Å². The minimum Gasteiger partial charge on any atom is -0.740 e. The van der Waals surface area contributed by atoms with Crippen molar-refractivity contribution in [3.63, 3.8) is 0 Å². The van der Waals surface area contributed by atoms with E-state index in [1.165, 1.54) is 6.08 Å². The number of ketones is 1. The Morgan fingerprint density at radius 1 is 1.24 bits per heavy atom. The van der Waals surface area contributed by atoms with Gasteiger partial charge < -0.3 is 8.74 Å². The summed E-state index contributed by atoms with van der Waals surface area (Å²) in [5, 5.41) is 0. The van der Waals surface area contributed by atoms with Crippen LogP contribution in [0.25, 0.3) is 11.1 Å². The standard InChI is InChI=1S/C12H8O4S/c13-7-5-10-8-3-1-2-4-9(8)12(10)11(6-7)16-17(14)15/h1-4,6H,5H2,(H,14,15)/p-1. The lowest BCUT2D eigenvalue weighted by molar-refractivity contribution is -0.113. The van der Waals surface area contributed by atoms with Gasteiger partial charge in [-0.25, -0.2) is 4.21 Å². The lowest BCUT2D eigenvalue weighted by atomic mass is 9.75. The third kappa shape index (κ3) is 1.55. The fraction of sp³-hybridized carbons (Fsp3) is 0.0833. The summed E-state index contributed by atoms with van der Waals surface area (Å²) in [6, 6.07) is 7.55. The first kappa shape index (κ1) is 10.4. The Kier molecular flexibility index (Phi) is 2.24. The zero-order valence-electron chi connectivity index (χ0n) is 8.64. The minimum absolute atomic E-state index is 0.128. The second kappa shape index (κ2) is 3.65. The lowest BCUT2D eigenvalue weighted by Crippen LogP contribution is -2.18. The molecule has 1 unspecified atom stereocenters. The molecular formula is C12H7O4S-. The van der Waals surface area contributed by atoms with Crippen molar-refractivity contribution in [1.29, 1.82) is 0 Å². The second-order valence-electron chi connectivity index (χ2n) is 3.84. The van der Waals surface area contributed by atoms with Crippen LogP contribution in [0.1, 0.15) is 17.5 Å². The molecule has 5 heteroatoms. The van der Waals surface area contributed by atoms with Gasteiger partial charge in [-0.2, -0.15) is 0 Å². The summed E-state index contributed by atoms with van der Waals surface area (Å²) in [7, 11) is 0. The van der Waals surface area contributed by atoms with Crippen LogP contribution in [0, 0.1) is 0 Å². The normalized spacial score (nSPS) is 18.9. The highest BCUT2D eigenvalue weighted by molar-refractivity contribution is 7.74. The van der Waals surface area contributed by atoms with Crippen molar-refractivity contribution in [1.82, 2.24) is 0 Å². The van der Waals surface area contributed by atoms with Gasteiger partial charge in [0.05, 0.1) is 0 Å². The van der Waals surface area contributed by atoms with E-state index in [4.69, 9.17) is 0 Å². The fourth-order valence-corrected chi connectivity index (χ4v) is 2.52. The maximum Gasteiger partial charge on any atom is 0.163 e. The Labute approximate surface area is 100 Å². The van der Waals surface area contributed by atoms with Crippen LogP contribution in [0.3, 0.4) is 0 Å². The molecule has 4 nitrogen and oxygen atoms in total. The summed E-state index contributed by atoms with van der Waals surface area (Å²) < 4.78 is 25.8. The second-order valence-corrected chi connectivity index (χ2v) is 4.41. The van der Waals surface area contributed by atoms with Gasteiger partial charge in [-0.05, 0) is 16.7 Å². The molecule has 0 heterocycles. The van der Waals surface area contributed by atoms with Crippen molar-refractivity contribution < 1.29 is 17.7 Å². The number of benzene rings is 1. The van der Waals surface area contributed by atoms with E-state index in [0.717, 1.165) is 22.3 Å². The summed E-state index contributed by atoms with van der Waals surface area (Å²) in [4.78, 5) is 11.5. The van der Waals surface area contributed by atoms with Crippen LogP contribution in [-0.2, 0) is 20.3 Å². The molecule has 17 heavy (non-hydrogen) atoms. The van der Waals surface area contributed by atoms with E-state index in [-0.39, 0.29) is 11.5 Å². The first-order chi connectivity index (χ1) is 8.16. The van der Waals surface area contributed by atoms with Crippen LogP contribution in [0.15, 0.2) is 36.1 Å². The molecule has 0 saturated carbocycles. The van der Waals surface area contributed by atoms with Gasteiger partial charge in [0.1, 0.15) is 11.4 Å². The smallest absolute Gasteiger partial charge is 0.163 e. The van der Waals surface area contributed by atoms with Gasteiger partial charge in [-0.3, -0.25) is 4.79 Å². The number of fused-ring (bicyclic) bond motifs is 3. The predicted molar refractivity (Wildman–Crippen MR) is 61.0 cm³/mol. The van der Waals surface area contributed by atoms with E-state index in [9.17, 15) is 13.6 Å². The number of rotatable bonds is 2. The van der Waals surface area contributed by atoms with Crippen LogP contribution in [0.4, 0.5) is 0 Å². The number of carbonyl (C=O) groups is 1. The molecule has 0 aromatic heterocycles. The topological polar surface area (TPSA) is 66.4 Å². The Morgan fingerprint density at radius 3 is 2.65 bits per heavy atom. The van der Waals surface area contributed by atoms with Crippen LogP contribution in [0.5, 0.6) is 0 Å². The largest absolute Gasteiger partial charge is 0.740 e. The van der Waals surface area contributed by atoms with E-state index in [1.807, 2.05) is 24.3 Å². The number of hydrogen-bond acceptors (Lipinski definition) is 4. The maximum absolute atomic E-state index is 11.5. The molecule has 0 N–H and O–H groups in total. The molecule has 0 saturated heterocycles. The molecule has 86 valence electrons. The molecule has 0 aliphatic heterocycles. The third-order valence-corrected chi connectivity index (χ3v) is 3.19. The van der Waals surface area contributed by atoms with Gasteiger partial charge in [-0.15, -0.1) is 0 Å². The highest BCUT2D eigenvalue weighted by Gasteiger charge is 2.33. The van der Waals surface area contributed by atoms with Crippen molar-refractivity contribution in [2.45, 2.75) is 6.42 Å². The third-order valence-electron chi connectivity index (χ3n) is 2.87. The van der Waals surface area contributed by atoms with Gasteiger partial charge in [0.15, 0.2) is 11.5 Å². The Bertz CT molecular complexity index is 613. The predicted octanol–water partition coefficient (Wildman–Crippen LogP) is 1.58. The van der Waals surface area contributed by atoms with E-state index in [1.54, 1.807) is 0 Å². The molecule has 3 rings (SSSR count). The molecular weight excluding hydrogens is 240 g/mol. The highest BCUT2D eigenvalue weighted by atomic mass is 32.2. The van der Waals surface area contributed by atoms with E-state index < -0.39 is 11.4 Å². The summed E-state index contributed by atoms with van der Waals surface area (Å²) in [5.74, 6) is -0.0120. The van der Waals surface area contributed by atoms with E-state index in [2.05, 4.69) is 4.18 Å². The minimum atomic E-state index is -2.66. The Morgan fingerprint density at radius 2 is 1.94 bits per heavy atom. The molecule has 1 aromatic rings. The average molecular weight is 247 g/mol. The Hall–Kier alpha value is -1.72. The molecule has 2 aliphatic carbocycles. The molecule has 0 bridgehead atoms. The highest BCUT2D eigenvalue weighted by Crippen LogP contribution is 2.48. The fourth-order valence-electron chi connectivity index (χ4n) is 2.25. The molecule has 1 atom stereocenters. The zero-order valence-corrected chi connectivity index (χ0v) is 9.45. The van der Waals surface area contributed by atoms with Crippen molar-refractivity contribution in [3.05, 3.63) is 47.2 Å². The van der Waals surface area contributed by atoms with Crippen LogP contribution < -0.4 is 0 Å². The van der Waals surface area contributed by atoms with Crippen molar-refractivity contribution in [2.75, 3.05) is 0 Å². The van der Waals surface area contributed by atoms with Crippen LogP contribution in [-0.4, -0.2) is 14.5 Å². The monoisotopic (exact) mass is 247 g/mol. The average Bonchev–Trinajstić information content (AvgIpc) is 2.25. The van der Waals surface area contributed by atoms with Crippen LogP contribution in [0.2, 0.25) is 0 Å². The quantitative estimate of drug-likeness (QED) is 0.744. The van der Waals surface area contributed by atoms with Crippen molar-refractivity contribution >= 4 is 28.3 Å². The van der Waals surface area contributed by atoms with Gasteiger partial charge in [0.25, 0.3) is 0 Å². The molecule has 0 fully saturated rings. The number of allylic oxidation sites excluding steroid dienone is 3. The Balaban J connectivity index is 2.07.